The molecule has 2 aliphatic heterocycles. The van der Waals surface area contributed by atoms with Crippen LogP contribution in [0.4, 0.5) is 5.82 Å². The number of anilines is 1. The minimum atomic E-state index is 0.334. The maximum Gasteiger partial charge on any atom is 0.140 e. The third-order valence-corrected chi connectivity index (χ3v) is 7.19. The molecular formula is C23H28N4OS. The highest BCUT2D eigenvalue weighted by Crippen LogP contribution is 2.37. The van der Waals surface area contributed by atoms with E-state index in [0.29, 0.717) is 18.2 Å². The molecule has 0 aliphatic carbocycles. The number of benzene rings is 1. The van der Waals surface area contributed by atoms with Gasteiger partial charge in [-0.05, 0) is 38.3 Å². The van der Waals surface area contributed by atoms with Crippen LogP contribution in [-0.2, 0) is 4.74 Å². The van der Waals surface area contributed by atoms with Crippen LogP contribution in [0.15, 0.2) is 42.7 Å². The van der Waals surface area contributed by atoms with Crippen LogP contribution in [0.2, 0.25) is 0 Å². The van der Waals surface area contributed by atoms with Gasteiger partial charge in [-0.3, -0.25) is 4.90 Å². The molecule has 4 heterocycles. The fourth-order valence-electron chi connectivity index (χ4n) is 4.80. The van der Waals surface area contributed by atoms with Crippen molar-refractivity contribution in [1.29, 1.82) is 0 Å². The molecule has 0 saturated carbocycles. The van der Waals surface area contributed by atoms with Crippen molar-refractivity contribution in [2.75, 3.05) is 31.1 Å². The number of morpholine rings is 1. The minimum absolute atomic E-state index is 0.334. The smallest absolute Gasteiger partial charge is 0.140 e. The van der Waals surface area contributed by atoms with Crippen molar-refractivity contribution >= 4 is 27.4 Å². The maximum atomic E-state index is 5.92. The van der Waals surface area contributed by atoms with Crippen LogP contribution < -0.4 is 4.90 Å². The van der Waals surface area contributed by atoms with E-state index < -0.39 is 0 Å². The molecule has 152 valence electrons. The Balaban J connectivity index is 1.34. The number of piperidine rings is 1. The van der Waals surface area contributed by atoms with Crippen LogP contribution in [0.3, 0.4) is 0 Å². The second-order valence-electron chi connectivity index (χ2n) is 8.32. The first-order chi connectivity index (χ1) is 14.2. The van der Waals surface area contributed by atoms with Crippen molar-refractivity contribution in [3.63, 3.8) is 0 Å². The largest absolute Gasteiger partial charge is 0.373 e. The predicted molar refractivity (Wildman–Crippen MR) is 120 cm³/mol. The first-order valence-electron chi connectivity index (χ1n) is 10.6. The number of nitrogens with zero attached hydrogens (tertiary/aromatic N) is 4. The average molecular weight is 409 g/mol. The molecule has 3 aromatic rings. The van der Waals surface area contributed by atoms with Crippen LogP contribution in [0, 0.1) is 0 Å². The minimum Gasteiger partial charge on any atom is -0.373 e. The van der Waals surface area contributed by atoms with Gasteiger partial charge in [0.25, 0.3) is 0 Å². The lowest BCUT2D eigenvalue weighted by Crippen LogP contribution is -2.53. The Morgan fingerprint density at radius 2 is 1.72 bits per heavy atom. The van der Waals surface area contributed by atoms with Crippen LogP contribution in [0.1, 0.15) is 26.7 Å². The quantitative estimate of drug-likeness (QED) is 0.641. The van der Waals surface area contributed by atoms with E-state index in [2.05, 4.69) is 70.0 Å². The molecule has 29 heavy (non-hydrogen) atoms. The summed E-state index contributed by atoms with van der Waals surface area (Å²) in [4.78, 5) is 16.7. The van der Waals surface area contributed by atoms with Gasteiger partial charge in [0.1, 0.15) is 17.0 Å². The molecule has 2 aromatic heterocycles. The first kappa shape index (κ1) is 19.0. The number of fused-ring (bicyclic) bond motifs is 1. The van der Waals surface area contributed by atoms with E-state index in [0.717, 1.165) is 36.8 Å². The lowest BCUT2D eigenvalue weighted by Gasteiger charge is -2.43. The molecule has 0 spiro atoms. The van der Waals surface area contributed by atoms with Gasteiger partial charge in [0.05, 0.1) is 17.6 Å². The van der Waals surface area contributed by atoms with Crippen LogP contribution >= 0.6 is 11.3 Å². The number of hydrogen-bond acceptors (Lipinski definition) is 6. The molecule has 2 aliphatic rings. The summed E-state index contributed by atoms with van der Waals surface area (Å²) >= 11 is 1.75. The highest BCUT2D eigenvalue weighted by atomic mass is 32.1. The standard InChI is InChI=1S/C23H28N4OS/c1-16-13-27(14-17(2)28-16)19-8-10-26(11-9-19)22-20-12-21(18-6-4-3-5-7-18)29-23(20)25-15-24-22/h3-7,12,15-17,19H,8-11,13-14H2,1-2H3/t16-,17+. The first-order valence-corrected chi connectivity index (χ1v) is 11.4. The molecule has 6 heteroatoms. The van der Waals surface area contributed by atoms with Gasteiger partial charge >= 0.3 is 0 Å². The zero-order valence-electron chi connectivity index (χ0n) is 17.1. The highest BCUT2D eigenvalue weighted by Gasteiger charge is 2.31. The molecule has 2 atom stereocenters. The number of thiophene rings is 1. The van der Waals surface area contributed by atoms with Crippen LogP contribution in [-0.4, -0.2) is 59.3 Å². The molecule has 0 amide bonds. The van der Waals surface area contributed by atoms with Crippen molar-refractivity contribution < 1.29 is 4.74 Å². The second-order valence-corrected chi connectivity index (χ2v) is 9.35. The Kier molecular flexibility index (Phi) is 5.24. The van der Waals surface area contributed by atoms with E-state index in [9.17, 15) is 0 Å². The number of rotatable bonds is 3. The summed E-state index contributed by atoms with van der Waals surface area (Å²) in [5.41, 5.74) is 1.25. The Hall–Kier alpha value is -2.02. The molecule has 1 aromatic carbocycles. The molecule has 0 unspecified atom stereocenters. The number of hydrogen-bond donors (Lipinski definition) is 0. The van der Waals surface area contributed by atoms with Gasteiger partial charge in [-0.15, -0.1) is 11.3 Å². The normalized spacial score (nSPS) is 24.3. The van der Waals surface area contributed by atoms with E-state index in [-0.39, 0.29) is 0 Å². The second kappa shape index (κ2) is 8.01. The molecule has 0 bridgehead atoms. The molecule has 5 rings (SSSR count). The topological polar surface area (TPSA) is 41.5 Å². The molecule has 0 radical (unpaired) electrons. The van der Waals surface area contributed by atoms with Gasteiger partial charge in [-0.25, -0.2) is 9.97 Å². The summed E-state index contributed by atoms with van der Waals surface area (Å²) < 4.78 is 5.92. The summed E-state index contributed by atoms with van der Waals surface area (Å²) in [6.45, 7) is 8.59. The van der Waals surface area contributed by atoms with Gasteiger partial charge < -0.3 is 9.64 Å². The average Bonchev–Trinajstić information content (AvgIpc) is 3.18. The van der Waals surface area contributed by atoms with Crippen molar-refractivity contribution in [3.05, 3.63) is 42.7 Å². The van der Waals surface area contributed by atoms with Gasteiger partial charge in [0, 0.05) is 37.1 Å². The summed E-state index contributed by atoms with van der Waals surface area (Å²) in [6, 6.07) is 13.5. The van der Waals surface area contributed by atoms with Gasteiger partial charge in [-0.2, -0.15) is 0 Å². The van der Waals surface area contributed by atoms with E-state index in [1.807, 2.05) is 0 Å². The fraction of sp³-hybridized carbons (Fsp3) is 0.478. The Bertz CT molecular complexity index is 957. The monoisotopic (exact) mass is 408 g/mol. The Labute approximate surface area is 176 Å². The summed E-state index contributed by atoms with van der Waals surface area (Å²) in [6.07, 6.45) is 4.75. The Morgan fingerprint density at radius 3 is 2.45 bits per heavy atom. The van der Waals surface area contributed by atoms with E-state index in [1.54, 1.807) is 17.7 Å². The molecule has 2 saturated heterocycles. The van der Waals surface area contributed by atoms with Crippen molar-refractivity contribution in [2.24, 2.45) is 0 Å². The molecule has 0 N–H and O–H groups in total. The summed E-state index contributed by atoms with van der Waals surface area (Å²) in [7, 11) is 0. The maximum absolute atomic E-state index is 5.92. The molecular weight excluding hydrogens is 380 g/mol. The third kappa shape index (κ3) is 3.89. The predicted octanol–water partition coefficient (Wildman–Crippen LogP) is 4.44. The number of ether oxygens (including phenoxy) is 1. The van der Waals surface area contributed by atoms with Gasteiger partial charge in [0.15, 0.2) is 0 Å². The van der Waals surface area contributed by atoms with Crippen molar-refractivity contribution in [3.8, 4) is 10.4 Å². The zero-order valence-corrected chi connectivity index (χ0v) is 17.9. The summed E-state index contributed by atoms with van der Waals surface area (Å²) in [5.74, 6) is 1.09. The van der Waals surface area contributed by atoms with Gasteiger partial charge in [0.2, 0.25) is 0 Å². The van der Waals surface area contributed by atoms with Crippen molar-refractivity contribution in [1.82, 2.24) is 14.9 Å². The highest BCUT2D eigenvalue weighted by molar-refractivity contribution is 7.21. The lowest BCUT2D eigenvalue weighted by molar-refractivity contribution is -0.0826. The van der Waals surface area contributed by atoms with Crippen LogP contribution in [0.25, 0.3) is 20.7 Å². The lowest BCUT2D eigenvalue weighted by atomic mass is 10.0. The number of aromatic nitrogens is 2. The Morgan fingerprint density at radius 1 is 1.00 bits per heavy atom. The van der Waals surface area contributed by atoms with Gasteiger partial charge in [-0.1, -0.05) is 30.3 Å². The van der Waals surface area contributed by atoms with Crippen molar-refractivity contribution in [2.45, 2.75) is 44.9 Å². The molecule has 2 fully saturated rings. The van der Waals surface area contributed by atoms with Crippen LogP contribution in [0.5, 0.6) is 0 Å². The summed E-state index contributed by atoms with van der Waals surface area (Å²) in [5, 5.41) is 1.18. The zero-order chi connectivity index (χ0) is 19.8. The third-order valence-electron chi connectivity index (χ3n) is 6.09. The SMILES string of the molecule is C[C@@H]1CN(C2CCN(c3ncnc4sc(-c5ccccc5)cc34)CC2)C[C@H](C)O1. The van der Waals surface area contributed by atoms with E-state index in [4.69, 9.17) is 4.74 Å². The van der Waals surface area contributed by atoms with E-state index in [1.165, 1.54) is 28.7 Å². The molecule has 5 nitrogen and oxygen atoms in total. The van der Waals surface area contributed by atoms with E-state index >= 15 is 0 Å². The fourth-order valence-corrected chi connectivity index (χ4v) is 5.80.